The zero-order valence-corrected chi connectivity index (χ0v) is 8.44. The first-order valence-corrected chi connectivity index (χ1v) is 4.29. The Hall–Kier alpha value is -1.39. The van der Waals surface area contributed by atoms with Crippen molar-refractivity contribution in [3.05, 3.63) is 35.9 Å². The lowest BCUT2D eigenvalue weighted by Crippen LogP contribution is -2.09. The standard InChI is InChI=1S/C7H7NO2.C3H9N/c8-10-7(9)6-4-2-1-3-5-6;1-3(2)4/h1-5H,8H2;3H,4H2,1-2H3. The van der Waals surface area contributed by atoms with Gasteiger partial charge >= 0.3 is 5.97 Å². The average Bonchev–Trinajstić information content (AvgIpc) is 2.17. The van der Waals surface area contributed by atoms with Crippen molar-refractivity contribution >= 4 is 5.97 Å². The van der Waals surface area contributed by atoms with Gasteiger partial charge in [-0.15, -0.1) is 0 Å². The van der Waals surface area contributed by atoms with Crippen molar-refractivity contribution in [2.75, 3.05) is 0 Å². The van der Waals surface area contributed by atoms with E-state index in [1.165, 1.54) is 0 Å². The monoisotopic (exact) mass is 196 g/mol. The van der Waals surface area contributed by atoms with E-state index in [4.69, 9.17) is 5.73 Å². The zero-order chi connectivity index (χ0) is 11.0. The Morgan fingerprint density at radius 1 is 1.29 bits per heavy atom. The Balaban J connectivity index is 0.000000364. The first kappa shape index (κ1) is 12.6. The van der Waals surface area contributed by atoms with E-state index in [9.17, 15) is 4.79 Å². The van der Waals surface area contributed by atoms with Gasteiger partial charge < -0.3 is 10.6 Å². The zero-order valence-electron chi connectivity index (χ0n) is 8.44. The number of hydrogen-bond donors (Lipinski definition) is 2. The maximum absolute atomic E-state index is 10.7. The first-order chi connectivity index (χ1) is 6.57. The summed E-state index contributed by atoms with van der Waals surface area (Å²) in [5.41, 5.74) is 5.57. The molecule has 0 spiro atoms. The highest BCUT2D eigenvalue weighted by Gasteiger charge is 2.01. The summed E-state index contributed by atoms with van der Waals surface area (Å²) in [6.45, 7) is 3.89. The molecule has 0 fully saturated rings. The summed E-state index contributed by atoms with van der Waals surface area (Å²) >= 11 is 0. The van der Waals surface area contributed by atoms with Crippen LogP contribution in [0.4, 0.5) is 0 Å². The number of hydrogen-bond acceptors (Lipinski definition) is 4. The SMILES string of the molecule is CC(C)N.NOC(=O)c1ccccc1. The molecule has 1 aromatic carbocycles. The van der Waals surface area contributed by atoms with Crippen molar-refractivity contribution in [3.8, 4) is 0 Å². The highest BCUT2D eigenvalue weighted by atomic mass is 16.7. The molecule has 1 rings (SSSR count). The largest absolute Gasteiger partial charge is 0.370 e. The van der Waals surface area contributed by atoms with Crippen LogP contribution in [-0.4, -0.2) is 12.0 Å². The van der Waals surface area contributed by atoms with Gasteiger partial charge in [0.05, 0.1) is 5.56 Å². The van der Waals surface area contributed by atoms with E-state index in [1.807, 2.05) is 19.9 Å². The summed E-state index contributed by atoms with van der Waals surface area (Å²) in [5.74, 6) is 4.14. The molecule has 0 bridgehead atoms. The molecule has 0 amide bonds. The molecule has 0 radical (unpaired) electrons. The van der Waals surface area contributed by atoms with Crippen molar-refractivity contribution in [2.24, 2.45) is 11.6 Å². The van der Waals surface area contributed by atoms with Gasteiger partial charge in [-0.25, -0.2) is 4.79 Å². The maximum atomic E-state index is 10.7. The molecule has 0 heterocycles. The normalized spacial score (nSPS) is 8.93. The van der Waals surface area contributed by atoms with Crippen molar-refractivity contribution in [2.45, 2.75) is 19.9 Å². The van der Waals surface area contributed by atoms with E-state index in [0.717, 1.165) is 0 Å². The van der Waals surface area contributed by atoms with Gasteiger partial charge in [-0.2, -0.15) is 5.90 Å². The van der Waals surface area contributed by atoms with Crippen LogP contribution in [0.2, 0.25) is 0 Å². The van der Waals surface area contributed by atoms with Gasteiger partial charge in [0.15, 0.2) is 0 Å². The lowest BCUT2D eigenvalue weighted by molar-refractivity contribution is 0.0503. The van der Waals surface area contributed by atoms with Crippen molar-refractivity contribution in [1.29, 1.82) is 0 Å². The third-order valence-electron chi connectivity index (χ3n) is 1.12. The quantitative estimate of drug-likeness (QED) is 0.658. The predicted molar refractivity (Wildman–Crippen MR) is 55.4 cm³/mol. The molecule has 4 heteroatoms. The fourth-order valence-corrected chi connectivity index (χ4v) is 0.642. The van der Waals surface area contributed by atoms with Gasteiger partial charge in [0, 0.05) is 0 Å². The Kier molecular flexibility index (Phi) is 6.36. The third kappa shape index (κ3) is 6.16. The molecule has 4 nitrogen and oxygen atoms in total. The van der Waals surface area contributed by atoms with E-state index >= 15 is 0 Å². The van der Waals surface area contributed by atoms with Gasteiger partial charge in [0.1, 0.15) is 0 Å². The first-order valence-electron chi connectivity index (χ1n) is 4.29. The van der Waals surface area contributed by atoms with Gasteiger partial charge in [-0.05, 0) is 18.2 Å². The van der Waals surface area contributed by atoms with Crippen LogP contribution in [-0.2, 0) is 4.84 Å². The fraction of sp³-hybridized carbons (Fsp3) is 0.300. The minimum atomic E-state index is -0.513. The average molecular weight is 196 g/mol. The summed E-state index contributed by atoms with van der Waals surface area (Å²) in [7, 11) is 0. The minimum absolute atomic E-state index is 0.333. The summed E-state index contributed by atoms with van der Waals surface area (Å²) in [6.07, 6.45) is 0. The molecule has 0 aliphatic heterocycles. The van der Waals surface area contributed by atoms with Crippen molar-refractivity contribution < 1.29 is 9.63 Å². The topological polar surface area (TPSA) is 78.3 Å². The molecule has 0 atom stereocenters. The molecule has 4 N–H and O–H groups in total. The highest BCUT2D eigenvalue weighted by Crippen LogP contribution is 1.98. The molecule has 0 unspecified atom stereocenters. The van der Waals surface area contributed by atoms with Crippen molar-refractivity contribution in [3.63, 3.8) is 0 Å². The van der Waals surface area contributed by atoms with E-state index in [2.05, 4.69) is 10.7 Å². The lowest BCUT2D eigenvalue weighted by atomic mass is 10.2. The number of carbonyl (C=O) groups excluding carboxylic acids is 1. The van der Waals surface area contributed by atoms with Crippen LogP contribution in [0.25, 0.3) is 0 Å². The summed E-state index contributed by atoms with van der Waals surface area (Å²) in [6, 6.07) is 8.90. The Labute approximate surface area is 83.8 Å². The Bertz CT molecular complexity index is 257. The van der Waals surface area contributed by atoms with Crippen LogP contribution in [0.15, 0.2) is 30.3 Å². The number of nitrogens with two attached hydrogens (primary N) is 2. The Morgan fingerprint density at radius 2 is 1.71 bits per heavy atom. The molecular weight excluding hydrogens is 180 g/mol. The molecule has 0 saturated carbocycles. The molecule has 0 aromatic heterocycles. The van der Waals surface area contributed by atoms with Crippen LogP contribution in [0, 0.1) is 0 Å². The second-order valence-electron chi connectivity index (χ2n) is 3.02. The molecule has 1 aromatic rings. The van der Waals surface area contributed by atoms with Crippen LogP contribution in [0.1, 0.15) is 24.2 Å². The summed E-state index contributed by atoms with van der Waals surface area (Å²) in [4.78, 5) is 14.7. The van der Waals surface area contributed by atoms with Gasteiger partial charge in [-0.3, -0.25) is 0 Å². The third-order valence-corrected chi connectivity index (χ3v) is 1.12. The molecule has 0 aliphatic carbocycles. The van der Waals surface area contributed by atoms with Gasteiger partial charge in [0.25, 0.3) is 0 Å². The van der Waals surface area contributed by atoms with E-state index < -0.39 is 5.97 Å². The van der Waals surface area contributed by atoms with Gasteiger partial charge in [0.2, 0.25) is 0 Å². The molecule has 0 saturated heterocycles. The second-order valence-corrected chi connectivity index (χ2v) is 3.02. The van der Waals surface area contributed by atoms with E-state index in [-0.39, 0.29) is 0 Å². The van der Waals surface area contributed by atoms with Crippen LogP contribution in [0.5, 0.6) is 0 Å². The molecule has 14 heavy (non-hydrogen) atoms. The Morgan fingerprint density at radius 3 is 2.07 bits per heavy atom. The number of rotatable bonds is 1. The smallest absolute Gasteiger partial charge is 0.356 e. The van der Waals surface area contributed by atoms with Crippen LogP contribution in [0.3, 0.4) is 0 Å². The lowest BCUT2D eigenvalue weighted by Gasteiger charge is -1.94. The summed E-state index contributed by atoms with van der Waals surface area (Å²) < 4.78 is 0. The second kappa shape index (κ2) is 7.06. The number of benzene rings is 1. The minimum Gasteiger partial charge on any atom is -0.370 e. The summed E-state index contributed by atoms with van der Waals surface area (Å²) in [5, 5.41) is 0. The highest BCUT2D eigenvalue weighted by molar-refractivity contribution is 5.88. The molecular formula is C10H16N2O2. The van der Waals surface area contributed by atoms with E-state index in [1.54, 1.807) is 24.3 Å². The predicted octanol–water partition coefficient (Wildman–Crippen LogP) is 1.07. The van der Waals surface area contributed by atoms with Crippen molar-refractivity contribution in [1.82, 2.24) is 0 Å². The maximum Gasteiger partial charge on any atom is 0.356 e. The molecule has 78 valence electrons. The van der Waals surface area contributed by atoms with E-state index in [0.29, 0.717) is 11.6 Å². The fourth-order valence-electron chi connectivity index (χ4n) is 0.642. The van der Waals surface area contributed by atoms with Crippen LogP contribution < -0.4 is 11.6 Å². The van der Waals surface area contributed by atoms with Gasteiger partial charge in [-0.1, -0.05) is 32.0 Å². The molecule has 0 aliphatic rings. The van der Waals surface area contributed by atoms with Crippen LogP contribution >= 0.6 is 0 Å². The number of carbonyl (C=O) groups is 1.